The molecule has 1 heterocycles. The second-order valence-corrected chi connectivity index (χ2v) is 8.58. The van der Waals surface area contributed by atoms with E-state index in [9.17, 15) is 8.42 Å². The maximum Gasteiger partial charge on any atom is 0.278 e. The molecule has 2 aromatic carbocycles. The van der Waals surface area contributed by atoms with E-state index in [1.165, 1.54) is 11.3 Å². The smallest absolute Gasteiger partial charge is 0.278 e. The van der Waals surface area contributed by atoms with Gasteiger partial charge in [-0.05, 0) is 54.8 Å². The fourth-order valence-corrected chi connectivity index (χ4v) is 4.38. The molecule has 0 saturated heterocycles. The van der Waals surface area contributed by atoms with Crippen molar-refractivity contribution in [1.29, 1.82) is 0 Å². The Morgan fingerprint density at radius 3 is 2.33 bits per heavy atom. The predicted octanol–water partition coefficient (Wildman–Crippen LogP) is 4.04. The van der Waals surface area contributed by atoms with E-state index in [0.29, 0.717) is 16.7 Å². The highest BCUT2D eigenvalue weighted by Crippen LogP contribution is 2.27. The lowest BCUT2D eigenvalue weighted by atomic mass is 10.1. The standard InChI is InChI=1S/C19H20N2O4S2/c1-13-10-17(11-14(2)18(13)24-3)27(22,23)21-12-15-4-6-16(7-5-15)25-19-20-8-9-26-19/h4-11,21H,12H2,1-3H3. The van der Waals surface area contributed by atoms with Crippen molar-refractivity contribution < 1.29 is 17.9 Å². The summed E-state index contributed by atoms with van der Waals surface area (Å²) in [5, 5.41) is 2.40. The Balaban J connectivity index is 1.68. The normalized spacial score (nSPS) is 11.4. The van der Waals surface area contributed by atoms with Crippen molar-refractivity contribution in [1.82, 2.24) is 9.71 Å². The first-order valence-corrected chi connectivity index (χ1v) is 10.6. The summed E-state index contributed by atoms with van der Waals surface area (Å²) in [6.07, 6.45) is 1.67. The minimum atomic E-state index is -3.62. The molecular weight excluding hydrogens is 384 g/mol. The number of thiazole rings is 1. The van der Waals surface area contributed by atoms with Crippen molar-refractivity contribution >= 4 is 21.4 Å². The summed E-state index contributed by atoms with van der Waals surface area (Å²) in [6.45, 7) is 3.84. The molecule has 0 bridgehead atoms. The van der Waals surface area contributed by atoms with E-state index in [4.69, 9.17) is 9.47 Å². The average molecular weight is 405 g/mol. The Bertz CT molecular complexity index is 991. The number of nitrogens with one attached hydrogen (secondary N) is 1. The van der Waals surface area contributed by atoms with Crippen molar-refractivity contribution in [2.24, 2.45) is 0 Å². The molecule has 0 spiro atoms. The van der Waals surface area contributed by atoms with Gasteiger partial charge in [0, 0.05) is 18.1 Å². The van der Waals surface area contributed by atoms with Gasteiger partial charge in [0.1, 0.15) is 11.5 Å². The van der Waals surface area contributed by atoms with Gasteiger partial charge in [-0.3, -0.25) is 0 Å². The topological polar surface area (TPSA) is 77.5 Å². The first-order chi connectivity index (χ1) is 12.9. The van der Waals surface area contributed by atoms with Crippen molar-refractivity contribution in [3.05, 3.63) is 64.7 Å². The first-order valence-electron chi connectivity index (χ1n) is 8.20. The van der Waals surface area contributed by atoms with Crippen LogP contribution in [0, 0.1) is 13.8 Å². The SMILES string of the molecule is COc1c(C)cc(S(=O)(=O)NCc2ccc(Oc3nccs3)cc2)cc1C. The van der Waals surface area contributed by atoms with Crippen molar-refractivity contribution in [2.45, 2.75) is 25.3 Å². The van der Waals surface area contributed by atoms with Gasteiger partial charge in [0.05, 0.1) is 12.0 Å². The van der Waals surface area contributed by atoms with Crippen LogP contribution in [0.25, 0.3) is 0 Å². The van der Waals surface area contributed by atoms with Crippen LogP contribution in [-0.2, 0) is 16.6 Å². The van der Waals surface area contributed by atoms with Crippen LogP contribution < -0.4 is 14.2 Å². The lowest BCUT2D eigenvalue weighted by Gasteiger charge is -2.12. The molecule has 0 unspecified atom stereocenters. The second-order valence-electron chi connectivity index (χ2n) is 5.96. The van der Waals surface area contributed by atoms with Crippen LogP contribution in [0.4, 0.5) is 0 Å². The summed E-state index contributed by atoms with van der Waals surface area (Å²) in [5.74, 6) is 1.35. The molecule has 0 atom stereocenters. The molecular formula is C19H20N2O4S2. The monoisotopic (exact) mass is 404 g/mol. The van der Waals surface area contributed by atoms with Crippen LogP contribution in [0.3, 0.4) is 0 Å². The van der Waals surface area contributed by atoms with Gasteiger partial charge in [-0.25, -0.2) is 18.1 Å². The van der Waals surface area contributed by atoms with Crippen LogP contribution >= 0.6 is 11.3 Å². The van der Waals surface area contributed by atoms with Gasteiger partial charge >= 0.3 is 0 Å². The fourth-order valence-electron chi connectivity index (χ4n) is 2.69. The number of benzene rings is 2. The lowest BCUT2D eigenvalue weighted by Crippen LogP contribution is -2.23. The molecule has 0 amide bonds. The van der Waals surface area contributed by atoms with Gasteiger partial charge in [0.25, 0.3) is 5.19 Å². The first kappa shape index (κ1) is 19.3. The Labute approximate surface area is 162 Å². The molecule has 27 heavy (non-hydrogen) atoms. The molecule has 3 aromatic rings. The number of aryl methyl sites for hydroxylation is 2. The van der Waals surface area contributed by atoms with E-state index < -0.39 is 10.0 Å². The lowest BCUT2D eigenvalue weighted by molar-refractivity contribution is 0.408. The number of methoxy groups -OCH3 is 1. The maximum absolute atomic E-state index is 12.6. The van der Waals surface area contributed by atoms with Crippen molar-refractivity contribution in [2.75, 3.05) is 7.11 Å². The van der Waals surface area contributed by atoms with E-state index in [2.05, 4.69) is 9.71 Å². The molecule has 3 rings (SSSR count). The van der Waals surface area contributed by atoms with Gasteiger partial charge < -0.3 is 9.47 Å². The third-order valence-electron chi connectivity index (χ3n) is 3.95. The second kappa shape index (κ2) is 8.08. The molecule has 0 fully saturated rings. The summed E-state index contributed by atoms with van der Waals surface area (Å²) in [6, 6.07) is 10.4. The van der Waals surface area contributed by atoms with Crippen LogP contribution in [0.5, 0.6) is 16.7 Å². The number of hydrogen-bond donors (Lipinski definition) is 1. The third kappa shape index (κ3) is 4.65. The molecule has 1 aromatic heterocycles. The summed E-state index contributed by atoms with van der Waals surface area (Å²) < 4.78 is 38.7. The molecule has 0 radical (unpaired) electrons. The van der Waals surface area contributed by atoms with Crippen molar-refractivity contribution in [3.63, 3.8) is 0 Å². The van der Waals surface area contributed by atoms with Gasteiger partial charge in [-0.2, -0.15) is 0 Å². The van der Waals surface area contributed by atoms with E-state index in [-0.39, 0.29) is 11.4 Å². The number of hydrogen-bond acceptors (Lipinski definition) is 6. The van der Waals surface area contributed by atoms with E-state index >= 15 is 0 Å². The van der Waals surface area contributed by atoms with Crippen molar-refractivity contribution in [3.8, 4) is 16.7 Å². The van der Waals surface area contributed by atoms with E-state index in [1.807, 2.05) is 31.4 Å². The van der Waals surface area contributed by atoms with Crippen LogP contribution in [-0.4, -0.2) is 20.5 Å². The Hall–Kier alpha value is -2.42. The largest absolute Gasteiger partial charge is 0.496 e. The van der Waals surface area contributed by atoms with Gasteiger partial charge in [0.2, 0.25) is 10.0 Å². The summed E-state index contributed by atoms with van der Waals surface area (Å²) in [7, 11) is -2.05. The molecule has 0 saturated carbocycles. The maximum atomic E-state index is 12.6. The van der Waals surface area contributed by atoms with Crippen LogP contribution in [0.2, 0.25) is 0 Å². The van der Waals surface area contributed by atoms with E-state index in [1.54, 1.807) is 37.6 Å². The minimum Gasteiger partial charge on any atom is -0.496 e. The summed E-state index contributed by atoms with van der Waals surface area (Å²) >= 11 is 1.40. The zero-order valence-electron chi connectivity index (χ0n) is 15.2. The Kier molecular flexibility index (Phi) is 5.79. The Morgan fingerprint density at radius 2 is 1.78 bits per heavy atom. The van der Waals surface area contributed by atoms with Crippen LogP contribution in [0.15, 0.2) is 52.9 Å². The highest BCUT2D eigenvalue weighted by atomic mass is 32.2. The number of sulfonamides is 1. The molecule has 1 N–H and O–H groups in total. The predicted molar refractivity (Wildman–Crippen MR) is 105 cm³/mol. The zero-order chi connectivity index (χ0) is 19.4. The summed E-state index contributed by atoms with van der Waals surface area (Å²) in [4.78, 5) is 4.28. The van der Waals surface area contributed by atoms with Crippen LogP contribution in [0.1, 0.15) is 16.7 Å². The number of ether oxygens (including phenoxy) is 2. The number of aromatic nitrogens is 1. The van der Waals surface area contributed by atoms with E-state index in [0.717, 1.165) is 16.7 Å². The average Bonchev–Trinajstić information content (AvgIpc) is 3.14. The molecule has 0 aliphatic rings. The molecule has 142 valence electrons. The van der Waals surface area contributed by atoms with Gasteiger partial charge in [-0.15, -0.1) is 0 Å². The summed E-state index contributed by atoms with van der Waals surface area (Å²) in [5.41, 5.74) is 2.38. The fraction of sp³-hybridized carbons (Fsp3) is 0.211. The van der Waals surface area contributed by atoms with Gasteiger partial charge in [-0.1, -0.05) is 23.5 Å². The highest BCUT2D eigenvalue weighted by molar-refractivity contribution is 7.89. The zero-order valence-corrected chi connectivity index (χ0v) is 16.9. The molecule has 0 aliphatic carbocycles. The molecule has 8 heteroatoms. The minimum absolute atomic E-state index is 0.185. The molecule has 6 nitrogen and oxygen atoms in total. The van der Waals surface area contributed by atoms with Gasteiger partial charge in [0.15, 0.2) is 0 Å². The highest BCUT2D eigenvalue weighted by Gasteiger charge is 2.17. The third-order valence-corrected chi connectivity index (χ3v) is 5.98. The number of nitrogens with zero attached hydrogens (tertiary/aromatic N) is 1. The molecule has 0 aliphatic heterocycles. The quantitative estimate of drug-likeness (QED) is 0.643. The Morgan fingerprint density at radius 1 is 1.11 bits per heavy atom. The number of rotatable bonds is 7.